The summed E-state index contributed by atoms with van der Waals surface area (Å²) < 4.78 is 60.8. The van der Waals surface area contributed by atoms with E-state index in [2.05, 4.69) is 9.84 Å². The second kappa shape index (κ2) is 4.19. The molecule has 5 nitrogen and oxygen atoms in total. The highest BCUT2D eigenvalue weighted by Gasteiger charge is 3.02. The van der Waals surface area contributed by atoms with Crippen molar-refractivity contribution in [2.45, 2.75) is 34.7 Å². The highest BCUT2D eigenvalue weighted by Crippen LogP contribution is 2.76. The van der Waals surface area contributed by atoms with Gasteiger partial charge >= 0.3 is 17.9 Å². The number of ether oxygens (including phenoxy) is 1. The first-order valence-corrected chi connectivity index (χ1v) is 6.95. The second-order valence-electron chi connectivity index (χ2n) is 4.91. The van der Waals surface area contributed by atoms with E-state index in [0.717, 1.165) is 12.3 Å². The van der Waals surface area contributed by atoms with Crippen molar-refractivity contribution in [2.75, 3.05) is 6.61 Å². The molecule has 22 heavy (non-hydrogen) atoms. The standard InChI is InChI=1S/C11H9Cl2F4N3O2/c1-2-22-7(21)19-9(13)8(12,10(14,15)11(9,16)17)6-4-3-5-18-20(6)19/h3-6H,2H2,1H3. The van der Waals surface area contributed by atoms with Crippen LogP contribution in [-0.4, -0.2) is 56.8 Å². The molecule has 0 bridgehead atoms. The van der Waals surface area contributed by atoms with Gasteiger partial charge in [0.15, 0.2) is 4.87 Å². The van der Waals surface area contributed by atoms with E-state index in [1.54, 1.807) is 0 Å². The predicted molar refractivity (Wildman–Crippen MR) is 69.2 cm³/mol. The van der Waals surface area contributed by atoms with E-state index < -0.39 is 33.9 Å². The zero-order chi connectivity index (χ0) is 16.6. The van der Waals surface area contributed by atoms with Crippen LogP contribution in [0.25, 0.3) is 0 Å². The van der Waals surface area contributed by atoms with Gasteiger partial charge in [0.2, 0.25) is 5.00 Å². The molecular formula is C11H9Cl2F4N3O2. The average Bonchev–Trinajstić information content (AvgIpc) is 2.66. The highest BCUT2D eigenvalue weighted by molar-refractivity contribution is 6.39. The van der Waals surface area contributed by atoms with Gasteiger partial charge in [0.05, 0.1) is 6.61 Å². The molecule has 0 N–H and O–H groups in total. The van der Waals surface area contributed by atoms with Crippen LogP contribution in [-0.2, 0) is 4.74 Å². The largest absolute Gasteiger partial charge is 0.448 e. The third-order valence-corrected chi connectivity index (χ3v) is 5.43. The molecule has 3 aliphatic rings. The van der Waals surface area contributed by atoms with Crippen molar-refractivity contribution in [3.63, 3.8) is 0 Å². The Balaban J connectivity index is 2.19. The minimum atomic E-state index is -4.77. The van der Waals surface area contributed by atoms with Crippen LogP contribution in [0, 0.1) is 0 Å². The van der Waals surface area contributed by atoms with E-state index in [1.807, 2.05) is 0 Å². The first-order chi connectivity index (χ1) is 10.1. The molecule has 122 valence electrons. The number of carbonyl (C=O) groups excluding carboxylic acids is 1. The molecule has 1 saturated heterocycles. The van der Waals surface area contributed by atoms with Crippen molar-refractivity contribution < 1.29 is 27.1 Å². The quantitative estimate of drug-likeness (QED) is 0.410. The van der Waals surface area contributed by atoms with E-state index in [-0.39, 0.29) is 11.6 Å². The van der Waals surface area contributed by atoms with Crippen LogP contribution in [0.2, 0.25) is 0 Å². The highest BCUT2D eigenvalue weighted by atomic mass is 35.5. The second-order valence-corrected chi connectivity index (χ2v) is 6.05. The van der Waals surface area contributed by atoms with E-state index in [1.165, 1.54) is 13.0 Å². The van der Waals surface area contributed by atoms with Gasteiger partial charge in [0.25, 0.3) is 0 Å². The number of rotatable bonds is 1. The number of hydrazone groups is 1. The number of hydrogen-bond acceptors (Lipinski definition) is 4. The first kappa shape index (κ1) is 15.7. The van der Waals surface area contributed by atoms with Crippen molar-refractivity contribution in [1.82, 2.24) is 10.1 Å². The Bertz CT molecular complexity index is 602. The molecule has 1 amide bonds. The summed E-state index contributed by atoms with van der Waals surface area (Å²) >= 11 is 11.7. The summed E-state index contributed by atoms with van der Waals surface area (Å²) in [5.41, 5.74) is 0. The Hall–Kier alpha value is -1.22. The third kappa shape index (κ3) is 1.25. The Morgan fingerprint density at radius 2 is 1.95 bits per heavy atom. The van der Waals surface area contributed by atoms with Crippen molar-refractivity contribution >= 4 is 35.5 Å². The number of allylic oxidation sites excluding steroid dienone is 1. The lowest BCUT2D eigenvalue weighted by Gasteiger charge is -2.58. The summed E-state index contributed by atoms with van der Waals surface area (Å²) in [6.07, 6.45) is 2.17. The topological polar surface area (TPSA) is 45.1 Å². The van der Waals surface area contributed by atoms with Crippen LogP contribution >= 0.6 is 23.2 Å². The van der Waals surface area contributed by atoms with Gasteiger partial charge in [-0.05, 0) is 13.0 Å². The SMILES string of the molecule is CCOC(=O)N1N2N=CC=CC2C2(Cl)C(F)(F)C(F)(F)C12Cl. The molecule has 11 heteroatoms. The number of carbonyl (C=O) groups is 1. The summed E-state index contributed by atoms with van der Waals surface area (Å²) in [7, 11) is 0. The number of fused-ring (bicyclic) bond motifs is 3. The zero-order valence-electron chi connectivity index (χ0n) is 10.9. The molecule has 2 aliphatic heterocycles. The van der Waals surface area contributed by atoms with Gasteiger partial charge in [-0.15, -0.1) is 11.6 Å². The molecule has 1 saturated carbocycles. The van der Waals surface area contributed by atoms with Crippen molar-refractivity contribution in [2.24, 2.45) is 5.10 Å². The molecule has 2 fully saturated rings. The smallest absolute Gasteiger partial charge is 0.432 e. The Morgan fingerprint density at radius 3 is 2.55 bits per heavy atom. The monoisotopic (exact) mass is 361 g/mol. The fourth-order valence-electron chi connectivity index (χ4n) is 2.89. The number of alkyl halides is 6. The van der Waals surface area contributed by atoms with Gasteiger partial charge < -0.3 is 4.74 Å². The molecule has 3 atom stereocenters. The first-order valence-electron chi connectivity index (χ1n) is 6.19. The molecular weight excluding hydrogens is 353 g/mol. The van der Waals surface area contributed by atoms with Crippen LogP contribution in [0.5, 0.6) is 0 Å². The normalized spacial score (nSPS) is 40.0. The van der Waals surface area contributed by atoms with Gasteiger partial charge in [-0.3, -0.25) is 0 Å². The molecule has 0 radical (unpaired) electrons. The van der Waals surface area contributed by atoms with E-state index in [4.69, 9.17) is 23.2 Å². The summed E-state index contributed by atoms with van der Waals surface area (Å²) in [6.45, 7) is 1.25. The number of nitrogens with zero attached hydrogens (tertiary/aromatic N) is 3. The fraction of sp³-hybridized carbons (Fsp3) is 0.636. The van der Waals surface area contributed by atoms with Crippen LogP contribution in [0.15, 0.2) is 17.3 Å². The lowest BCUT2D eigenvalue weighted by Crippen LogP contribution is -2.88. The number of hydrogen-bond donors (Lipinski definition) is 0. The van der Waals surface area contributed by atoms with Gasteiger partial charge in [0, 0.05) is 6.21 Å². The van der Waals surface area contributed by atoms with Gasteiger partial charge in [-0.25, -0.2) is 4.79 Å². The molecule has 1 aliphatic carbocycles. The zero-order valence-corrected chi connectivity index (χ0v) is 12.5. The molecule has 0 aromatic rings. The minimum absolute atomic E-state index is 0.160. The minimum Gasteiger partial charge on any atom is -0.448 e. The molecule has 0 aromatic heterocycles. The maximum Gasteiger partial charge on any atom is 0.432 e. The van der Waals surface area contributed by atoms with Gasteiger partial charge in [-0.2, -0.15) is 32.8 Å². The summed E-state index contributed by atoms with van der Waals surface area (Å²) in [6, 6.07) is -1.53. The van der Waals surface area contributed by atoms with Crippen LogP contribution in [0.4, 0.5) is 22.4 Å². The van der Waals surface area contributed by atoms with E-state index >= 15 is 0 Å². The predicted octanol–water partition coefficient (Wildman–Crippen LogP) is 2.80. The van der Waals surface area contributed by atoms with Crippen molar-refractivity contribution in [1.29, 1.82) is 0 Å². The maximum absolute atomic E-state index is 14.1. The Morgan fingerprint density at radius 1 is 1.32 bits per heavy atom. The molecule has 2 heterocycles. The lowest BCUT2D eigenvalue weighted by atomic mass is 9.67. The average molecular weight is 362 g/mol. The van der Waals surface area contributed by atoms with E-state index in [0.29, 0.717) is 5.12 Å². The number of halogens is 6. The lowest BCUT2D eigenvalue weighted by molar-refractivity contribution is -0.339. The van der Waals surface area contributed by atoms with Crippen molar-refractivity contribution in [3.05, 3.63) is 12.2 Å². The van der Waals surface area contributed by atoms with Gasteiger partial charge in [0.1, 0.15) is 6.04 Å². The summed E-state index contributed by atoms with van der Waals surface area (Å²) in [4.78, 5) is 5.83. The third-order valence-electron chi connectivity index (χ3n) is 3.91. The van der Waals surface area contributed by atoms with Gasteiger partial charge in [-0.1, -0.05) is 17.7 Å². The van der Waals surface area contributed by atoms with Crippen LogP contribution in [0.1, 0.15) is 6.92 Å². The summed E-state index contributed by atoms with van der Waals surface area (Å²) in [5, 5.41) is 4.41. The Labute approximate surface area is 132 Å². The molecule has 3 rings (SSSR count). The number of amides is 1. The molecule has 0 aromatic carbocycles. The summed E-state index contributed by atoms with van der Waals surface area (Å²) in [5.74, 6) is -9.42. The van der Waals surface area contributed by atoms with Crippen molar-refractivity contribution in [3.8, 4) is 0 Å². The number of hydrazine groups is 1. The molecule has 0 spiro atoms. The maximum atomic E-state index is 14.1. The van der Waals surface area contributed by atoms with E-state index in [9.17, 15) is 22.4 Å². The molecule has 3 unspecified atom stereocenters. The van der Waals surface area contributed by atoms with Crippen LogP contribution < -0.4 is 0 Å². The Kier molecular flexibility index (Phi) is 2.99. The van der Waals surface area contributed by atoms with Crippen LogP contribution in [0.3, 0.4) is 0 Å². The fourth-order valence-corrected chi connectivity index (χ4v) is 3.87.